The molecule has 0 aliphatic carbocycles. The van der Waals surface area contributed by atoms with Crippen molar-refractivity contribution in [3.63, 3.8) is 0 Å². The molecule has 78 valence electrons. The molecule has 1 aromatic rings. The van der Waals surface area contributed by atoms with E-state index in [1.54, 1.807) is 0 Å². The van der Waals surface area contributed by atoms with E-state index in [9.17, 15) is 0 Å². The summed E-state index contributed by atoms with van der Waals surface area (Å²) >= 11 is 0. The van der Waals surface area contributed by atoms with Crippen LogP contribution in [0.3, 0.4) is 0 Å². The molecule has 14 heavy (non-hydrogen) atoms. The lowest BCUT2D eigenvalue weighted by Gasteiger charge is -2.34. The third kappa shape index (κ3) is 2.13. The predicted octanol–water partition coefficient (Wildman–Crippen LogP) is 0.579. The van der Waals surface area contributed by atoms with Crippen LogP contribution in [0.2, 0.25) is 0 Å². The van der Waals surface area contributed by atoms with Crippen LogP contribution >= 0.6 is 0 Å². The van der Waals surface area contributed by atoms with Crippen LogP contribution in [0.4, 0.5) is 0 Å². The van der Waals surface area contributed by atoms with Crippen molar-refractivity contribution < 1.29 is 0 Å². The number of H-pyrrole nitrogens is 1. The summed E-state index contributed by atoms with van der Waals surface area (Å²) in [4.78, 5) is 2.44. The number of likely N-dealkylation sites (tertiary alicyclic amines) is 1. The number of hydrogen-bond acceptors (Lipinski definition) is 3. The fourth-order valence-corrected chi connectivity index (χ4v) is 2.02. The molecule has 2 atom stereocenters. The van der Waals surface area contributed by atoms with Crippen LogP contribution in [-0.4, -0.2) is 34.2 Å². The van der Waals surface area contributed by atoms with Gasteiger partial charge in [0.15, 0.2) is 0 Å². The number of nitrogens with two attached hydrogens (primary N) is 1. The van der Waals surface area contributed by atoms with E-state index in [4.69, 9.17) is 5.73 Å². The zero-order valence-corrected chi connectivity index (χ0v) is 8.61. The molecular weight excluding hydrogens is 176 g/mol. The first kappa shape index (κ1) is 9.68. The van der Waals surface area contributed by atoms with Crippen LogP contribution in [-0.2, 0) is 6.54 Å². The predicted molar refractivity (Wildman–Crippen MR) is 55.6 cm³/mol. The molecule has 1 saturated heterocycles. The molecule has 1 aliphatic heterocycles. The average Bonchev–Trinajstić information content (AvgIpc) is 2.64. The van der Waals surface area contributed by atoms with Crippen molar-refractivity contribution in [1.82, 2.24) is 15.1 Å². The molecular formula is C10H18N4. The highest BCUT2D eigenvalue weighted by Crippen LogP contribution is 2.16. The maximum atomic E-state index is 5.97. The number of nitrogens with one attached hydrogen (secondary N) is 1. The third-order valence-electron chi connectivity index (χ3n) is 3.02. The van der Waals surface area contributed by atoms with Gasteiger partial charge >= 0.3 is 0 Å². The van der Waals surface area contributed by atoms with Gasteiger partial charge in [-0.2, -0.15) is 5.10 Å². The molecule has 2 unspecified atom stereocenters. The highest BCUT2D eigenvalue weighted by atomic mass is 15.2. The highest BCUT2D eigenvalue weighted by molar-refractivity contribution is 5.02. The zero-order chi connectivity index (χ0) is 9.97. The van der Waals surface area contributed by atoms with Crippen molar-refractivity contribution in [2.45, 2.75) is 25.9 Å². The maximum absolute atomic E-state index is 5.97. The molecule has 0 saturated carbocycles. The van der Waals surface area contributed by atoms with E-state index in [0.29, 0.717) is 12.0 Å². The van der Waals surface area contributed by atoms with E-state index in [0.717, 1.165) is 26.1 Å². The summed E-state index contributed by atoms with van der Waals surface area (Å²) in [6.45, 7) is 5.43. The number of nitrogens with zero attached hydrogens (tertiary/aromatic N) is 2. The molecule has 0 radical (unpaired) electrons. The Hall–Kier alpha value is -0.870. The Labute approximate surface area is 84.5 Å². The van der Waals surface area contributed by atoms with Gasteiger partial charge in [-0.25, -0.2) is 0 Å². The van der Waals surface area contributed by atoms with Gasteiger partial charge in [-0.05, 0) is 18.9 Å². The Balaban J connectivity index is 1.88. The van der Waals surface area contributed by atoms with Gasteiger partial charge in [0.25, 0.3) is 0 Å². The summed E-state index contributed by atoms with van der Waals surface area (Å²) in [5.74, 6) is 0.607. The van der Waals surface area contributed by atoms with E-state index in [1.807, 2.05) is 12.4 Å². The summed E-state index contributed by atoms with van der Waals surface area (Å²) in [5.41, 5.74) is 7.23. The van der Waals surface area contributed by atoms with Gasteiger partial charge in [-0.1, -0.05) is 6.92 Å². The molecule has 0 amide bonds. The maximum Gasteiger partial charge on any atom is 0.0532 e. The smallest absolute Gasteiger partial charge is 0.0532 e. The standard InChI is InChI=1S/C10H18N4/c1-8-6-14(3-2-10(8)11)7-9-4-12-13-5-9/h4-5,8,10H,2-3,6-7,11H2,1H3,(H,12,13). The van der Waals surface area contributed by atoms with Crippen LogP contribution < -0.4 is 5.73 Å². The van der Waals surface area contributed by atoms with E-state index in [-0.39, 0.29) is 0 Å². The van der Waals surface area contributed by atoms with E-state index >= 15 is 0 Å². The molecule has 0 spiro atoms. The van der Waals surface area contributed by atoms with Gasteiger partial charge in [0.1, 0.15) is 0 Å². The Morgan fingerprint density at radius 3 is 3.21 bits per heavy atom. The summed E-state index contributed by atoms with van der Waals surface area (Å²) in [6.07, 6.45) is 4.96. The normalized spacial score (nSPS) is 29.3. The molecule has 4 heteroatoms. The second-order valence-electron chi connectivity index (χ2n) is 4.27. The van der Waals surface area contributed by atoms with Crippen molar-refractivity contribution in [3.8, 4) is 0 Å². The minimum atomic E-state index is 0.385. The van der Waals surface area contributed by atoms with Crippen LogP contribution in [0, 0.1) is 5.92 Å². The first-order valence-corrected chi connectivity index (χ1v) is 5.21. The summed E-state index contributed by atoms with van der Waals surface area (Å²) < 4.78 is 0. The summed E-state index contributed by atoms with van der Waals surface area (Å²) in [7, 11) is 0. The SMILES string of the molecule is CC1CN(Cc2cn[nH]c2)CCC1N. The van der Waals surface area contributed by atoms with Crippen LogP contribution in [0.1, 0.15) is 18.9 Å². The Kier molecular flexibility index (Phi) is 2.84. The lowest BCUT2D eigenvalue weighted by atomic mass is 9.95. The molecule has 1 aromatic heterocycles. The topological polar surface area (TPSA) is 57.9 Å². The molecule has 2 rings (SSSR count). The lowest BCUT2D eigenvalue weighted by Crippen LogP contribution is -2.45. The van der Waals surface area contributed by atoms with Crippen LogP contribution in [0.15, 0.2) is 12.4 Å². The molecule has 0 aromatic carbocycles. The van der Waals surface area contributed by atoms with Gasteiger partial charge < -0.3 is 5.73 Å². The van der Waals surface area contributed by atoms with Crippen molar-refractivity contribution in [1.29, 1.82) is 0 Å². The average molecular weight is 194 g/mol. The molecule has 2 heterocycles. The largest absolute Gasteiger partial charge is 0.327 e. The first-order valence-electron chi connectivity index (χ1n) is 5.21. The number of aromatic nitrogens is 2. The van der Waals surface area contributed by atoms with E-state index in [2.05, 4.69) is 22.0 Å². The number of aromatic amines is 1. The second-order valence-corrected chi connectivity index (χ2v) is 4.27. The molecule has 0 bridgehead atoms. The first-order chi connectivity index (χ1) is 6.75. The number of rotatable bonds is 2. The Morgan fingerprint density at radius 1 is 1.71 bits per heavy atom. The van der Waals surface area contributed by atoms with Crippen LogP contribution in [0.5, 0.6) is 0 Å². The van der Waals surface area contributed by atoms with Gasteiger partial charge in [-0.3, -0.25) is 10.00 Å². The fourth-order valence-electron chi connectivity index (χ4n) is 2.02. The minimum absolute atomic E-state index is 0.385. The van der Waals surface area contributed by atoms with E-state index in [1.165, 1.54) is 5.56 Å². The van der Waals surface area contributed by atoms with Crippen molar-refractivity contribution in [2.75, 3.05) is 13.1 Å². The zero-order valence-electron chi connectivity index (χ0n) is 8.61. The monoisotopic (exact) mass is 194 g/mol. The highest BCUT2D eigenvalue weighted by Gasteiger charge is 2.22. The number of hydrogen-bond donors (Lipinski definition) is 2. The Bertz CT molecular complexity index is 270. The minimum Gasteiger partial charge on any atom is -0.327 e. The van der Waals surface area contributed by atoms with E-state index < -0.39 is 0 Å². The van der Waals surface area contributed by atoms with Crippen molar-refractivity contribution >= 4 is 0 Å². The third-order valence-corrected chi connectivity index (χ3v) is 3.02. The second kappa shape index (κ2) is 4.11. The Morgan fingerprint density at radius 2 is 2.57 bits per heavy atom. The summed E-state index contributed by atoms with van der Waals surface area (Å²) in [6, 6.07) is 0.385. The van der Waals surface area contributed by atoms with Gasteiger partial charge in [0, 0.05) is 30.9 Å². The fraction of sp³-hybridized carbons (Fsp3) is 0.700. The molecule has 1 fully saturated rings. The molecule has 4 nitrogen and oxygen atoms in total. The summed E-state index contributed by atoms with van der Waals surface area (Å²) in [5, 5.41) is 6.78. The quantitative estimate of drug-likeness (QED) is 0.724. The van der Waals surface area contributed by atoms with Gasteiger partial charge in [-0.15, -0.1) is 0 Å². The lowest BCUT2D eigenvalue weighted by molar-refractivity contribution is 0.158. The van der Waals surface area contributed by atoms with Crippen molar-refractivity contribution in [3.05, 3.63) is 18.0 Å². The number of piperidine rings is 1. The molecule has 1 aliphatic rings. The van der Waals surface area contributed by atoms with Gasteiger partial charge in [0.2, 0.25) is 0 Å². The molecule has 3 N–H and O–H groups in total. The van der Waals surface area contributed by atoms with Gasteiger partial charge in [0.05, 0.1) is 6.20 Å². The van der Waals surface area contributed by atoms with Crippen molar-refractivity contribution in [2.24, 2.45) is 11.7 Å². The van der Waals surface area contributed by atoms with Crippen LogP contribution in [0.25, 0.3) is 0 Å².